The summed E-state index contributed by atoms with van der Waals surface area (Å²) in [6.07, 6.45) is 0.362. The molecule has 6 nitrogen and oxygen atoms in total. The predicted molar refractivity (Wildman–Crippen MR) is 101 cm³/mol. The van der Waals surface area contributed by atoms with E-state index in [1.165, 1.54) is 0 Å². The van der Waals surface area contributed by atoms with Crippen LogP contribution in [0.15, 0.2) is 28.8 Å². The Morgan fingerprint density at radius 2 is 1.92 bits per heavy atom. The first-order valence-electron chi connectivity index (χ1n) is 8.79. The lowest BCUT2D eigenvalue weighted by atomic mass is 9.93. The fraction of sp³-hybridized carbons (Fsp3) is 0.500. The Morgan fingerprint density at radius 1 is 1.27 bits per heavy atom. The van der Waals surface area contributed by atoms with Gasteiger partial charge in [0.25, 0.3) is 0 Å². The highest BCUT2D eigenvalue weighted by atomic mass is 16.5. The second-order valence-electron chi connectivity index (χ2n) is 7.53. The molecule has 6 heteroatoms. The van der Waals surface area contributed by atoms with E-state index in [-0.39, 0.29) is 11.3 Å². The van der Waals surface area contributed by atoms with Crippen LogP contribution in [0.3, 0.4) is 0 Å². The van der Waals surface area contributed by atoms with E-state index in [0.717, 1.165) is 28.3 Å². The van der Waals surface area contributed by atoms with Crippen molar-refractivity contribution >= 4 is 5.91 Å². The van der Waals surface area contributed by atoms with Gasteiger partial charge in [0.2, 0.25) is 5.91 Å². The molecule has 1 heterocycles. The van der Waals surface area contributed by atoms with E-state index in [0.29, 0.717) is 26.1 Å². The summed E-state index contributed by atoms with van der Waals surface area (Å²) in [5.74, 6) is 1.60. The first-order chi connectivity index (χ1) is 12.2. The number of hydrogen-bond acceptors (Lipinski definition) is 5. The molecule has 0 aliphatic carbocycles. The quantitative estimate of drug-likeness (QED) is 0.784. The maximum atomic E-state index is 12.4. The minimum atomic E-state index is -0.0830. The number of benzene rings is 1. The molecule has 0 spiro atoms. The van der Waals surface area contributed by atoms with Gasteiger partial charge < -0.3 is 19.9 Å². The summed E-state index contributed by atoms with van der Waals surface area (Å²) >= 11 is 0. The molecule has 2 aromatic rings. The van der Waals surface area contributed by atoms with Gasteiger partial charge in [-0.25, -0.2) is 0 Å². The number of aromatic nitrogens is 1. The van der Waals surface area contributed by atoms with E-state index in [1.54, 1.807) is 4.90 Å². The predicted octanol–water partition coefficient (Wildman–Crippen LogP) is 2.86. The number of carbonyl (C=O) groups excluding carboxylic acids is 1. The molecule has 142 valence electrons. The molecule has 0 unspecified atom stereocenters. The smallest absolute Gasteiger partial charge is 0.226 e. The Bertz CT molecular complexity index is 716. The third kappa shape index (κ3) is 5.33. The molecule has 1 aromatic heterocycles. The van der Waals surface area contributed by atoms with Crippen molar-refractivity contribution in [2.45, 2.75) is 40.7 Å². The van der Waals surface area contributed by atoms with E-state index in [1.807, 2.05) is 45.2 Å². The van der Waals surface area contributed by atoms with Crippen LogP contribution in [-0.4, -0.2) is 36.1 Å². The van der Waals surface area contributed by atoms with Gasteiger partial charge in [-0.15, -0.1) is 0 Å². The van der Waals surface area contributed by atoms with Crippen LogP contribution in [0.2, 0.25) is 0 Å². The molecule has 2 N–H and O–H groups in total. The summed E-state index contributed by atoms with van der Waals surface area (Å²) in [7, 11) is 1.82. The number of aryl methyl sites for hydroxylation is 2. The molecule has 0 saturated carbocycles. The molecule has 26 heavy (non-hydrogen) atoms. The highest BCUT2D eigenvalue weighted by Crippen LogP contribution is 2.19. The number of nitrogens with zero attached hydrogens (tertiary/aromatic N) is 2. The van der Waals surface area contributed by atoms with Gasteiger partial charge in [0.15, 0.2) is 0 Å². The zero-order valence-electron chi connectivity index (χ0n) is 16.3. The van der Waals surface area contributed by atoms with Crippen molar-refractivity contribution in [3.8, 4) is 5.75 Å². The molecule has 1 amide bonds. The molecule has 1 aromatic carbocycles. The van der Waals surface area contributed by atoms with Crippen LogP contribution in [0.25, 0.3) is 0 Å². The Hall–Kier alpha value is -2.34. The normalized spacial score (nSPS) is 11.5. The van der Waals surface area contributed by atoms with Gasteiger partial charge in [-0.3, -0.25) is 4.79 Å². The molecule has 0 aliphatic rings. The number of nitrogens with two attached hydrogens (primary N) is 1. The molecule has 2 rings (SSSR count). The number of likely N-dealkylation sites (N-methyl/N-ethyl adjacent to an activating group) is 1. The van der Waals surface area contributed by atoms with Crippen LogP contribution < -0.4 is 10.5 Å². The molecule has 0 saturated heterocycles. The summed E-state index contributed by atoms with van der Waals surface area (Å²) in [5.41, 5.74) is 8.42. The van der Waals surface area contributed by atoms with Crippen LogP contribution >= 0.6 is 0 Å². The van der Waals surface area contributed by atoms with Gasteiger partial charge in [0.1, 0.15) is 18.1 Å². The van der Waals surface area contributed by atoms with Crippen molar-refractivity contribution in [2.24, 2.45) is 11.1 Å². The number of rotatable bonds is 8. The number of hydrogen-bond donors (Lipinski definition) is 1. The number of amides is 1. The number of ether oxygens (including phenoxy) is 1. The molecule has 0 atom stereocenters. The third-order valence-electron chi connectivity index (χ3n) is 4.49. The highest BCUT2D eigenvalue weighted by molar-refractivity contribution is 5.78. The molecule has 0 aliphatic heterocycles. The zero-order chi connectivity index (χ0) is 19.3. The minimum Gasteiger partial charge on any atom is -0.489 e. The summed E-state index contributed by atoms with van der Waals surface area (Å²) < 4.78 is 10.9. The van der Waals surface area contributed by atoms with Gasteiger partial charge in [0.05, 0.1) is 17.7 Å². The Morgan fingerprint density at radius 3 is 2.46 bits per heavy atom. The standard InChI is InChI=1S/C20H29N3O3/c1-14-18(15(2)26-22-14)11-25-17-8-6-16(7-9-17)10-19(24)23(5)13-20(3,4)12-21/h6-9H,10-13,21H2,1-5H3. The largest absolute Gasteiger partial charge is 0.489 e. The van der Waals surface area contributed by atoms with Crippen LogP contribution in [0, 0.1) is 19.3 Å². The minimum absolute atomic E-state index is 0.0796. The Labute approximate surface area is 155 Å². The lowest BCUT2D eigenvalue weighted by molar-refractivity contribution is -0.130. The van der Waals surface area contributed by atoms with Gasteiger partial charge in [0, 0.05) is 13.6 Å². The number of carbonyl (C=O) groups is 1. The van der Waals surface area contributed by atoms with Crippen molar-refractivity contribution in [1.29, 1.82) is 0 Å². The van der Waals surface area contributed by atoms with Crippen molar-refractivity contribution in [2.75, 3.05) is 20.1 Å². The van der Waals surface area contributed by atoms with Gasteiger partial charge >= 0.3 is 0 Å². The highest BCUT2D eigenvalue weighted by Gasteiger charge is 2.21. The zero-order valence-corrected chi connectivity index (χ0v) is 16.3. The average molecular weight is 359 g/mol. The van der Waals surface area contributed by atoms with Crippen LogP contribution in [0.5, 0.6) is 5.75 Å². The summed E-state index contributed by atoms with van der Waals surface area (Å²) in [6.45, 7) is 9.48. The van der Waals surface area contributed by atoms with Crippen LogP contribution in [0.1, 0.15) is 36.4 Å². The fourth-order valence-corrected chi connectivity index (χ4v) is 2.67. The molecular weight excluding hydrogens is 330 g/mol. The lowest BCUT2D eigenvalue weighted by Gasteiger charge is -2.29. The topological polar surface area (TPSA) is 81.6 Å². The second-order valence-corrected chi connectivity index (χ2v) is 7.53. The second kappa shape index (κ2) is 8.36. The first-order valence-corrected chi connectivity index (χ1v) is 8.79. The maximum Gasteiger partial charge on any atom is 0.226 e. The van der Waals surface area contributed by atoms with Crippen LogP contribution in [-0.2, 0) is 17.8 Å². The summed E-state index contributed by atoms with van der Waals surface area (Å²) in [6, 6.07) is 7.60. The monoisotopic (exact) mass is 359 g/mol. The van der Waals surface area contributed by atoms with Gasteiger partial charge in [-0.2, -0.15) is 0 Å². The molecule has 0 fully saturated rings. The lowest BCUT2D eigenvalue weighted by Crippen LogP contribution is -2.40. The first kappa shape index (κ1) is 20.0. The summed E-state index contributed by atoms with van der Waals surface area (Å²) in [5, 5.41) is 3.92. The van der Waals surface area contributed by atoms with E-state index >= 15 is 0 Å². The van der Waals surface area contributed by atoms with Crippen molar-refractivity contribution in [1.82, 2.24) is 10.1 Å². The van der Waals surface area contributed by atoms with Crippen molar-refractivity contribution < 1.29 is 14.1 Å². The molecular formula is C20H29N3O3. The summed E-state index contributed by atoms with van der Waals surface area (Å²) in [4.78, 5) is 14.1. The van der Waals surface area contributed by atoms with Crippen molar-refractivity contribution in [3.05, 3.63) is 46.8 Å². The van der Waals surface area contributed by atoms with E-state index in [9.17, 15) is 4.79 Å². The van der Waals surface area contributed by atoms with Crippen LogP contribution in [0.4, 0.5) is 0 Å². The third-order valence-corrected chi connectivity index (χ3v) is 4.49. The average Bonchev–Trinajstić information content (AvgIpc) is 2.92. The van der Waals surface area contributed by atoms with Crippen molar-refractivity contribution in [3.63, 3.8) is 0 Å². The van der Waals surface area contributed by atoms with Gasteiger partial charge in [-0.1, -0.05) is 31.1 Å². The SMILES string of the molecule is Cc1noc(C)c1COc1ccc(CC(=O)N(C)CC(C)(C)CN)cc1. The van der Waals surface area contributed by atoms with E-state index in [4.69, 9.17) is 15.0 Å². The molecule has 0 radical (unpaired) electrons. The fourth-order valence-electron chi connectivity index (χ4n) is 2.67. The van der Waals surface area contributed by atoms with E-state index < -0.39 is 0 Å². The Balaban J connectivity index is 1.90. The van der Waals surface area contributed by atoms with E-state index in [2.05, 4.69) is 19.0 Å². The van der Waals surface area contributed by atoms with Gasteiger partial charge in [-0.05, 0) is 43.5 Å². The maximum absolute atomic E-state index is 12.4. The molecule has 0 bridgehead atoms. The Kier molecular flexibility index (Phi) is 6.42.